The van der Waals surface area contributed by atoms with Crippen molar-refractivity contribution in [3.63, 3.8) is 0 Å². The summed E-state index contributed by atoms with van der Waals surface area (Å²) < 4.78 is 1.67. The number of carbonyl (C=O) groups is 2. The SMILES string of the molecule is Cn1cc(-c2nc(C(=O)N3CCCC3(C)C(=O)O)cs2)cn1. The van der Waals surface area contributed by atoms with Gasteiger partial charge < -0.3 is 10.0 Å². The lowest BCUT2D eigenvalue weighted by Gasteiger charge is -2.30. The number of aromatic nitrogens is 3. The third-order valence-electron chi connectivity index (χ3n) is 4.02. The summed E-state index contributed by atoms with van der Waals surface area (Å²) in [5.74, 6) is -1.30. The number of amides is 1. The molecule has 0 bridgehead atoms. The second-order valence-corrected chi connectivity index (χ2v) is 6.44. The van der Waals surface area contributed by atoms with Crippen molar-refractivity contribution < 1.29 is 14.7 Å². The molecule has 0 aliphatic carbocycles. The van der Waals surface area contributed by atoms with E-state index in [1.807, 2.05) is 13.2 Å². The fourth-order valence-electron chi connectivity index (χ4n) is 2.69. The zero-order valence-corrected chi connectivity index (χ0v) is 13.1. The Morgan fingerprint density at radius 2 is 2.23 bits per heavy atom. The summed E-state index contributed by atoms with van der Waals surface area (Å²) in [4.78, 5) is 29.8. The van der Waals surface area contributed by atoms with E-state index in [1.165, 1.54) is 16.2 Å². The number of rotatable bonds is 3. The van der Waals surface area contributed by atoms with Crippen molar-refractivity contribution in [2.24, 2.45) is 7.05 Å². The average molecular weight is 320 g/mol. The molecule has 2 aromatic rings. The largest absolute Gasteiger partial charge is 0.480 e. The van der Waals surface area contributed by atoms with Gasteiger partial charge in [-0.25, -0.2) is 9.78 Å². The zero-order chi connectivity index (χ0) is 15.9. The lowest BCUT2D eigenvalue weighted by molar-refractivity contribution is -0.147. The number of carbonyl (C=O) groups excluding carboxylic acids is 1. The molecule has 0 saturated carbocycles. The second kappa shape index (κ2) is 5.20. The van der Waals surface area contributed by atoms with Crippen molar-refractivity contribution in [2.45, 2.75) is 25.3 Å². The van der Waals surface area contributed by atoms with E-state index in [0.717, 1.165) is 5.56 Å². The third-order valence-corrected chi connectivity index (χ3v) is 4.91. The van der Waals surface area contributed by atoms with Crippen LogP contribution in [0.25, 0.3) is 10.6 Å². The van der Waals surface area contributed by atoms with Crippen molar-refractivity contribution in [2.75, 3.05) is 6.54 Å². The molecule has 116 valence electrons. The van der Waals surface area contributed by atoms with E-state index < -0.39 is 11.5 Å². The molecule has 2 aromatic heterocycles. The third kappa shape index (κ3) is 2.29. The molecule has 1 unspecified atom stereocenters. The Bertz CT molecular complexity index is 738. The molecular formula is C14H16N4O3S. The first-order chi connectivity index (χ1) is 10.4. The minimum atomic E-state index is -1.14. The van der Waals surface area contributed by atoms with Crippen molar-refractivity contribution >= 4 is 23.2 Å². The van der Waals surface area contributed by atoms with E-state index in [0.29, 0.717) is 30.1 Å². The molecule has 0 spiro atoms. The number of nitrogens with zero attached hydrogens (tertiary/aromatic N) is 4. The van der Waals surface area contributed by atoms with Crippen LogP contribution in [0.4, 0.5) is 0 Å². The molecule has 1 atom stereocenters. The van der Waals surface area contributed by atoms with Crippen molar-refractivity contribution in [3.05, 3.63) is 23.5 Å². The molecule has 22 heavy (non-hydrogen) atoms. The Morgan fingerprint density at radius 3 is 2.86 bits per heavy atom. The van der Waals surface area contributed by atoms with Crippen LogP contribution in [0.1, 0.15) is 30.3 Å². The molecule has 8 heteroatoms. The summed E-state index contributed by atoms with van der Waals surface area (Å²) in [5, 5.41) is 15.9. The van der Waals surface area contributed by atoms with Crippen LogP contribution >= 0.6 is 11.3 Å². The average Bonchev–Trinajstić information content (AvgIpc) is 3.17. The fraction of sp³-hybridized carbons (Fsp3) is 0.429. The summed E-state index contributed by atoms with van der Waals surface area (Å²) in [6.45, 7) is 2.04. The van der Waals surface area contributed by atoms with E-state index in [2.05, 4.69) is 10.1 Å². The lowest BCUT2D eigenvalue weighted by Crippen LogP contribution is -2.50. The van der Waals surface area contributed by atoms with Gasteiger partial charge in [0.25, 0.3) is 5.91 Å². The summed E-state index contributed by atoms with van der Waals surface area (Å²) >= 11 is 1.35. The number of thiazole rings is 1. The molecule has 1 aliphatic heterocycles. The quantitative estimate of drug-likeness (QED) is 0.928. The molecule has 1 saturated heterocycles. The molecule has 1 amide bonds. The van der Waals surface area contributed by atoms with Crippen LogP contribution in [-0.2, 0) is 11.8 Å². The van der Waals surface area contributed by atoms with Crippen LogP contribution in [0.5, 0.6) is 0 Å². The van der Waals surface area contributed by atoms with Gasteiger partial charge in [-0.1, -0.05) is 0 Å². The Morgan fingerprint density at radius 1 is 1.45 bits per heavy atom. The minimum absolute atomic E-state index is 0.290. The summed E-state index contributed by atoms with van der Waals surface area (Å²) in [7, 11) is 1.81. The van der Waals surface area contributed by atoms with Crippen molar-refractivity contribution in [1.29, 1.82) is 0 Å². The smallest absolute Gasteiger partial charge is 0.329 e. The van der Waals surface area contributed by atoms with Crippen LogP contribution in [0, 0.1) is 0 Å². The van der Waals surface area contributed by atoms with Crippen LogP contribution in [-0.4, -0.2) is 48.7 Å². The molecule has 3 heterocycles. The van der Waals surface area contributed by atoms with Crippen LogP contribution < -0.4 is 0 Å². The highest BCUT2D eigenvalue weighted by Gasteiger charge is 2.46. The maximum atomic E-state index is 12.6. The highest BCUT2D eigenvalue weighted by Crippen LogP contribution is 2.32. The van der Waals surface area contributed by atoms with E-state index in [9.17, 15) is 14.7 Å². The fourth-order valence-corrected chi connectivity index (χ4v) is 3.45. The van der Waals surface area contributed by atoms with Gasteiger partial charge in [0.2, 0.25) is 0 Å². The van der Waals surface area contributed by atoms with Gasteiger partial charge in [-0.05, 0) is 19.8 Å². The molecule has 1 fully saturated rings. The summed E-state index contributed by atoms with van der Waals surface area (Å²) in [6, 6.07) is 0. The van der Waals surface area contributed by atoms with Crippen LogP contribution in [0.15, 0.2) is 17.8 Å². The van der Waals surface area contributed by atoms with E-state index in [1.54, 1.807) is 23.2 Å². The number of carboxylic acid groups (broad SMARTS) is 1. The van der Waals surface area contributed by atoms with Crippen molar-refractivity contribution in [1.82, 2.24) is 19.7 Å². The van der Waals surface area contributed by atoms with E-state index in [4.69, 9.17) is 0 Å². The predicted molar refractivity (Wildman–Crippen MR) is 80.6 cm³/mol. The summed E-state index contributed by atoms with van der Waals surface area (Å²) in [5.41, 5.74) is -0.0120. The Balaban J connectivity index is 1.87. The van der Waals surface area contributed by atoms with E-state index >= 15 is 0 Å². The number of hydrogen-bond acceptors (Lipinski definition) is 5. The maximum Gasteiger partial charge on any atom is 0.329 e. The second-order valence-electron chi connectivity index (χ2n) is 5.58. The molecule has 7 nitrogen and oxygen atoms in total. The predicted octanol–water partition coefficient (Wildman–Crippen LogP) is 1.62. The minimum Gasteiger partial charge on any atom is -0.480 e. The van der Waals surface area contributed by atoms with Gasteiger partial charge >= 0.3 is 5.97 Å². The zero-order valence-electron chi connectivity index (χ0n) is 12.3. The Kier molecular flexibility index (Phi) is 3.48. The number of aliphatic carboxylic acids is 1. The van der Waals surface area contributed by atoms with E-state index in [-0.39, 0.29) is 5.91 Å². The molecule has 0 aromatic carbocycles. The number of carboxylic acids is 1. The topological polar surface area (TPSA) is 88.3 Å². The van der Waals surface area contributed by atoms with Crippen molar-refractivity contribution in [3.8, 4) is 10.6 Å². The Hall–Kier alpha value is -2.22. The first-order valence-corrected chi connectivity index (χ1v) is 7.80. The molecular weight excluding hydrogens is 304 g/mol. The highest BCUT2D eigenvalue weighted by atomic mass is 32.1. The lowest BCUT2D eigenvalue weighted by atomic mass is 9.99. The molecule has 0 radical (unpaired) electrons. The van der Waals surface area contributed by atoms with Gasteiger partial charge in [0.1, 0.15) is 16.2 Å². The monoisotopic (exact) mass is 320 g/mol. The molecule has 1 aliphatic rings. The first-order valence-electron chi connectivity index (χ1n) is 6.92. The number of hydrogen-bond donors (Lipinski definition) is 1. The first kappa shape index (κ1) is 14.7. The Labute approximate surface area is 131 Å². The van der Waals surface area contributed by atoms with Gasteiger partial charge in [-0.2, -0.15) is 5.10 Å². The molecule has 3 rings (SSSR count). The van der Waals surface area contributed by atoms with Gasteiger partial charge in [-0.15, -0.1) is 11.3 Å². The van der Waals surface area contributed by atoms with Crippen LogP contribution in [0.2, 0.25) is 0 Å². The van der Waals surface area contributed by atoms with Gasteiger partial charge in [0.05, 0.1) is 6.20 Å². The molecule has 1 N–H and O–H groups in total. The van der Waals surface area contributed by atoms with Gasteiger partial charge in [0, 0.05) is 30.7 Å². The van der Waals surface area contributed by atoms with Gasteiger partial charge in [-0.3, -0.25) is 9.48 Å². The van der Waals surface area contributed by atoms with Crippen LogP contribution in [0.3, 0.4) is 0 Å². The maximum absolute atomic E-state index is 12.6. The number of aryl methyl sites for hydroxylation is 1. The summed E-state index contributed by atoms with van der Waals surface area (Å²) in [6.07, 6.45) is 4.66. The van der Waals surface area contributed by atoms with Gasteiger partial charge in [0.15, 0.2) is 0 Å². The highest BCUT2D eigenvalue weighted by molar-refractivity contribution is 7.13. The standard InChI is InChI=1S/C14H16N4O3S/c1-14(13(20)21)4-3-5-18(14)12(19)10-8-22-11(16-10)9-6-15-17(2)7-9/h6-8H,3-5H2,1-2H3,(H,20,21). The number of likely N-dealkylation sites (tertiary alicyclic amines) is 1. The normalized spacial score (nSPS) is 21.3.